The summed E-state index contributed by atoms with van der Waals surface area (Å²) in [5.74, 6) is 0.977. The van der Waals surface area contributed by atoms with Crippen LogP contribution >= 0.6 is 0 Å². The molecule has 0 fully saturated rings. The normalized spacial score (nSPS) is 10.8. The van der Waals surface area contributed by atoms with Crippen molar-refractivity contribution in [2.45, 2.75) is 6.42 Å². The molecule has 0 aliphatic carbocycles. The van der Waals surface area contributed by atoms with Gasteiger partial charge in [0.05, 0.1) is 0 Å². The maximum absolute atomic E-state index is 13.0. The quantitative estimate of drug-likeness (QED) is 0.538. The number of hydrogen-bond donors (Lipinski definition) is 2. The first-order valence-corrected chi connectivity index (χ1v) is 8.66. The summed E-state index contributed by atoms with van der Waals surface area (Å²) < 4.78 is 18.2. The molecule has 7 nitrogen and oxygen atoms in total. The highest BCUT2D eigenvalue weighted by atomic mass is 19.1. The molecule has 0 saturated heterocycles. The summed E-state index contributed by atoms with van der Waals surface area (Å²) in [5, 5.41) is 13.6. The molecule has 1 amide bonds. The predicted octanol–water partition coefficient (Wildman–Crippen LogP) is 3.24. The number of aromatic amines is 1. The first kappa shape index (κ1) is 17.6. The van der Waals surface area contributed by atoms with Crippen molar-refractivity contribution in [2.75, 3.05) is 6.54 Å². The molecule has 4 rings (SSSR count). The van der Waals surface area contributed by atoms with E-state index in [9.17, 15) is 9.18 Å². The largest absolute Gasteiger partial charge is 0.355 e. The number of carbonyl (C=O) groups excluding carboxylic acids is 1. The molecule has 2 heterocycles. The lowest BCUT2D eigenvalue weighted by atomic mass is 10.1. The number of aromatic nitrogens is 4. The molecule has 0 bridgehead atoms. The Hall–Kier alpha value is -3.81. The van der Waals surface area contributed by atoms with Crippen LogP contribution < -0.4 is 5.32 Å². The summed E-state index contributed by atoms with van der Waals surface area (Å²) in [7, 11) is 0. The third-order valence-corrected chi connectivity index (χ3v) is 4.08. The van der Waals surface area contributed by atoms with E-state index in [1.165, 1.54) is 18.2 Å². The summed E-state index contributed by atoms with van der Waals surface area (Å²) in [6, 6.07) is 16.9. The second kappa shape index (κ2) is 7.83. The van der Waals surface area contributed by atoms with E-state index in [1.807, 2.05) is 30.3 Å². The number of carbonyl (C=O) groups is 1. The minimum atomic E-state index is -0.361. The van der Waals surface area contributed by atoms with Crippen molar-refractivity contribution in [3.63, 3.8) is 0 Å². The van der Waals surface area contributed by atoms with E-state index in [2.05, 4.69) is 25.7 Å². The molecule has 2 N–H and O–H groups in total. The third-order valence-electron chi connectivity index (χ3n) is 4.08. The van der Waals surface area contributed by atoms with Gasteiger partial charge in [0.15, 0.2) is 17.3 Å². The number of rotatable bonds is 6. The average Bonchev–Trinajstić information content (AvgIpc) is 3.39. The first-order valence-electron chi connectivity index (χ1n) is 8.66. The number of amides is 1. The van der Waals surface area contributed by atoms with E-state index in [4.69, 9.17) is 4.52 Å². The minimum absolute atomic E-state index is 0.155. The molecular weight excluding hydrogens is 361 g/mol. The van der Waals surface area contributed by atoms with E-state index in [0.717, 1.165) is 5.56 Å². The molecular formula is C20H16FN5O2. The molecule has 0 atom stereocenters. The van der Waals surface area contributed by atoms with E-state index in [-0.39, 0.29) is 17.4 Å². The summed E-state index contributed by atoms with van der Waals surface area (Å²) in [4.78, 5) is 16.6. The van der Waals surface area contributed by atoms with Crippen LogP contribution in [0.2, 0.25) is 0 Å². The SMILES string of the molecule is O=C(NCCc1nc(-c2ccccc2)n[nH]1)c1cc(-c2ccc(F)cc2)on1. The molecule has 140 valence electrons. The number of H-pyrrole nitrogens is 1. The van der Waals surface area contributed by atoms with E-state index in [0.29, 0.717) is 35.9 Å². The molecule has 2 aromatic heterocycles. The Balaban J connectivity index is 1.33. The molecule has 0 aliphatic rings. The monoisotopic (exact) mass is 377 g/mol. The van der Waals surface area contributed by atoms with Gasteiger partial charge in [-0.1, -0.05) is 35.5 Å². The molecule has 2 aromatic carbocycles. The van der Waals surface area contributed by atoms with Gasteiger partial charge in [0, 0.05) is 30.2 Å². The maximum Gasteiger partial charge on any atom is 0.273 e. The van der Waals surface area contributed by atoms with Gasteiger partial charge in [0.2, 0.25) is 0 Å². The Morgan fingerprint density at radius 3 is 2.64 bits per heavy atom. The third kappa shape index (κ3) is 3.96. The first-order chi connectivity index (χ1) is 13.7. The summed E-state index contributed by atoms with van der Waals surface area (Å²) in [6.07, 6.45) is 0.494. The number of nitrogens with zero attached hydrogens (tertiary/aromatic N) is 3. The highest BCUT2D eigenvalue weighted by Crippen LogP contribution is 2.20. The van der Waals surface area contributed by atoms with Crippen LogP contribution in [0.3, 0.4) is 0 Å². The van der Waals surface area contributed by atoms with Gasteiger partial charge < -0.3 is 9.84 Å². The lowest BCUT2D eigenvalue weighted by Crippen LogP contribution is -2.26. The second-order valence-corrected chi connectivity index (χ2v) is 6.06. The lowest BCUT2D eigenvalue weighted by Gasteiger charge is -2.00. The van der Waals surface area contributed by atoms with Gasteiger partial charge in [-0.3, -0.25) is 9.89 Å². The van der Waals surface area contributed by atoms with Crippen molar-refractivity contribution in [3.8, 4) is 22.7 Å². The van der Waals surface area contributed by atoms with Crippen LogP contribution in [0.15, 0.2) is 65.2 Å². The Bertz CT molecular complexity index is 1070. The number of hydrogen-bond acceptors (Lipinski definition) is 5. The average molecular weight is 377 g/mol. The number of halogens is 1. The van der Waals surface area contributed by atoms with Gasteiger partial charge in [-0.2, -0.15) is 5.10 Å². The number of benzene rings is 2. The Kier molecular flexibility index (Phi) is 4.92. The van der Waals surface area contributed by atoms with E-state index < -0.39 is 0 Å². The predicted molar refractivity (Wildman–Crippen MR) is 99.8 cm³/mol. The van der Waals surface area contributed by atoms with Crippen LogP contribution in [0, 0.1) is 5.82 Å². The van der Waals surface area contributed by atoms with Gasteiger partial charge in [-0.25, -0.2) is 9.37 Å². The van der Waals surface area contributed by atoms with Gasteiger partial charge in [-0.15, -0.1) is 0 Å². The number of nitrogens with one attached hydrogen (secondary N) is 2. The van der Waals surface area contributed by atoms with Gasteiger partial charge in [-0.05, 0) is 24.3 Å². The van der Waals surface area contributed by atoms with Crippen LogP contribution in [-0.2, 0) is 6.42 Å². The molecule has 28 heavy (non-hydrogen) atoms. The highest BCUT2D eigenvalue weighted by Gasteiger charge is 2.14. The van der Waals surface area contributed by atoms with Crippen molar-refractivity contribution in [3.05, 3.63) is 78.0 Å². The Labute approximate surface area is 159 Å². The molecule has 4 aromatic rings. The maximum atomic E-state index is 13.0. The fraction of sp³-hybridized carbons (Fsp3) is 0.100. The smallest absolute Gasteiger partial charge is 0.273 e. The zero-order chi connectivity index (χ0) is 19.3. The van der Waals surface area contributed by atoms with Gasteiger partial charge in [0.1, 0.15) is 11.6 Å². The fourth-order valence-electron chi connectivity index (χ4n) is 2.64. The van der Waals surface area contributed by atoms with Crippen molar-refractivity contribution in [1.29, 1.82) is 0 Å². The summed E-state index contributed by atoms with van der Waals surface area (Å²) in [5.41, 5.74) is 1.72. The fourth-order valence-corrected chi connectivity index (χ4v) is 2.64. The van der Waals surface area contributed by atoms with E-state index in [1.54, 1.807) is 12.1 Å². The van der Waals surface area contributed by atoms with Crippen LogP contribution in [0.1, 0.15) is 16.3 Å². The van der Waals surface area contributed by atoms with Crippen LogP contribution in [0.5, 0.6) is 0 Å². The van der Waals surface area contributed by atoms with Crippen LogP contribution in [0.4, 0.5) is 4.39 Å². The van der Waals surface area contributed by atoms with Gasteiger partial charge >= 0.3 is 0 Å². The second-order valence-electron chi connectivity index (χ2n) is 6.06. The standard InChI is InChI=1S/C20H16FN5O2/c21-15-8-6-13(7-9-15)17-12-16(26-28-17)20(27)22-11-10-18-23-19(25-24-18)14-4-2-1-3-5-14/h1-9,12H,10-11H2,(H,22,27)(H,23,24,25). The minimum Gasteiger partial charge on any atom is -0.355 e. The van der Waals surface area contributed by atoms with E-state index >= 15 is 0 Å². The van der Waals surface area contributed by atoms with Gasteiger partial charge in [0.25, 0.3) is 5.91 Å². The van der Waals surface area contributed by atoms with Crippen molar-refractivity contribution < 1.29 is 13.7 Å². The summed E-state index contributed by atoms with van der Waals surface area (Å²) in [6.45, 7) is 0.362. The molecule has 0 unspecified atom stereocenters. The van der Waals surface area contributed by atoms with Crippen molar-refractivity contribution in [1.82, 2.24) is 25.7 Å². The molecule has 0 aliphatic heterocycles. The molecule has 8 heteroatoms. The highest BCUT2D eigenvalue weighted by molar-refractivity contribution is 5.93. The summed E-state index contributed by atoms with van der Waals surface area (Å²) >= 11 is 0. The molecule has 0 spiro atoms. The molecule has 0 radical (unpaired) electrons. The zero-order valence-corrected chi connectivity index (χ0v) is 14.7. The zero-order valence-electron chi connectivity index (χ0n) is 14.7. The van der Waals surface area contributed by atoms with Crippen LogP contribution in [0.25, 0.3) is 22.7 Å². The van der Waals surface area contributed by atoms with Crippen LogP contribution in [-0.4, -0.2) is 32.8 Å². The Morgan fingerprint density at radius 2 is 1.86 bits per heavy atom. The molecule has 0 saturated carbocycles. The van der Waals surface area contributed by atoms with Crippen molar-refractivity contribution in [2.24, 2.45) is 0 Å². The lowest BCUT2D eigenvalue weighted by molar-refractivity contribution is 0.0945. The Morgan fingerprint density at radius 1 is 1.07 bits per heavy atom. The topological polar surface area (TPSA) is 96.7 Å². The van der Waals surface area contributed by atoms with Crippen molar-refractivity contribution >= 4 is 5.91 Å².